The molecule has 6 nitrogen and oxygen atoms in total. The van der Waals surface area contributed by atoms with Crippen molar-refractivity contribution in [3.8, 4) is 0 Å². The fourth-order valence-corrected chi connectivity index (χ4v) is 2.67. The van der Waals surface area contributed by atoms with E-state index in [1.54, 1.807) is 6.20 Å². The highest BCUT2D eigenvalue weighted by Gasteiger charge is 2.23. The molecule has 6 heteroatoms. The summed E-state index contributed by atoms with van der Waals surface area (Å²) >= 11 is 0. The third-order valence-electron chi connectivity index (χ3n) is 3.94. The molecule has 2 aromatic carbocycles. The Morgan fingerprint density at radius 1 is 1.04 bits per heavy atom. The van der Waals surface area contributed by atoms with Gasteiger partial charge in [-0.3, -0.25) is 9.78 Å². The zero-order chi connectivity index (χ0) is 18.4. The van der Waals surface area contributed by atoms with Crippen LogP contribution in [0, 0.1) is 0 Å². The van der Waals surface area contributed by atoms with Gasteiger partial charge in [0.15, 0.2) is 0 Å². The monoisotopic (exact) mass is 349 g/mol. The number of rotatable bonds is 6. The fraction of sp³-hybridized carbons (Fsp3) is 0.200. The maximum absolute atomic E-state index is 12.3. The number of ether oxygens (including phenoxy) is 1. The van der Waals surface area contributed by atoms with Gasteiger partial charge in [0.05, 0.1) is 30.3 Å². The molecule has 0 saturated carbocycles. The second-order valence-corrected chi connectivity index (χ2v) is 5.86. The van der Waals surface area contributed by atoms with Gasteiger partial charge in [-0.1, -0.05) is 42.5 Å². The second-order valence-electron chi connectivity index (χ2n) is 5.86. The Morgan fingerprint density at radius 3 is 2.46 bits per heavy atom. The van der Waals surface area contributed by atoms with Crippen molar-refractivity contribution in [1.29, 1.82) is 0 Å². The van der Waals surface area contributed by atoms with Gasteiger partial charge in [-0.05, 0) is 17.7 Å². The highest BCUT2D eigenvalue weighted by atomic mass is 16.5. The zero-order valence-electron chi connectivity index (χ0n) is 14.4. The number of amides is 1. The van der Waals surface area contributed by atoms with Gasteiger partial charge in [-0.2, -0.15) is 0 Å². The number of carbonyl (C=O) groups excluding carboxylic acids is 2. The van der Waals surface area contributed by atoms with Crippen LogP contribution in [0.1, 0.15) is 11.3 Å². The smallest absolute Gasteiger partial charge is 0.328 e. The SMILES string of the molecule is COC(=O)[C@@H](Cc1cnc2ccccc2n1)NC(=O)Cc1ccccc1. The lowest BCUT2D eigenvalue weighted by molar-refractivity contribution is -0.145. The lowest BCUT2D eigenvalue weighted by atomic mass is 10.1. The molecule has 0 saturated heterocycles. The number of nitrogens with zero attached hydrogens (tertiary/aromatic N) is 2. The van der Waals surface area contributed by atoms with Crippen LogP contribution < -0.4 is 5.32 Å². The van der Waals surface area contributed by atoms with Gasteiger partial charge >= 0.3 is 5.97 Å². The zero-order valence-corrected chi connectivity index (χ0v) is 14.4. The number of fused-ring (bicyclic) bond motifs is 1. The molecule has 3 aromatic rings. The van der Waals surface area contributed by atoms with Crippen LogP contribution in [-0.2, 0) is 27.2 Å². The minimum atomic E-state index is -0.813. The number of para-hydroxylation sites is 2. The van der Waals surface area contributed by atoms with E-state index < -0.39 is 12.0 Å². The third-order valence-corrected chi connectivity index (χ3v) is 3.94. The molecular weight excluding hydrogens is 330 g/mol. The van der Waals surface area contributed by atoms with E-state index in [9.17, 15) is 9.59 Å². The summed E-state index contributed by atoms with van der Waals surface area (Å²) in [4.78, 5) is 33.2. The Kier molecular flexibility index (Phi) is 5.53. The van der Waals surface area contributed by atoms with Gasteiger partial charge in [0.25, 0.3) is 0 Å². The summed E-state index contributed by atoms with van der Waals surface area (Å²) in [6, 6.07) is 16.0. The van der Waals surface area contributed by atoms with Crippen molar-refractivity contribution in [2.45, 2.75) is 18.9 Å². The predicted molar refractivity (Wildman–Crippen MR) is 97.3 cm³/mol. The van der Waals surface area contributed by atoms with Gasteiger partial charge in [0.1, 0.15) is 6.04 Å². The summed E-state index contributed by atoms with van der Waals surface area (Å²) in [7, 11) is 1.30. The van der Waals surface area contributed by atoms with Crippen LogP contribution in [0.25, 0.3) is 11.0 Å². The van der Waals surface area contributed by atoms with Gasteiger partial charge < -0.3 is 10.1 Å². The Labute approximate surface area is 151 Å². The van der Waals surface area contributed by atoms with E-state index in [0.717, 1.165) is 16.6 Å². The van der Waals surface area contributed by atoms with Crippen molar-refractivity contribution in [3.05, 3.63) is 72.1 Å². The average Bonchev–Trinajstić information content (AvgIpc) is 2.67. The largest absolute Gasteiger partial charge is 0.467 e. The number of aromatic nitrogens is 2. The maximum Gasteiger partial charge on any atom is 0.328 e. The molecule has 132 valence electrons. The topological polar surface area (TPSA) is 81.2 Å². The first-order valence-corrected chi connectivity index (χ1v) is 8.27. The normalized spacial score (nSPS) is 11.7. The molecule has 0 bridgehead atoms. The first-order valence-electron chi connectivity index (χ1n) is 8.27. The van der Waals surface area contributed by atoms with Gasteiger partial charge in [0, 0.05) is 12.6 Å². The van der Waals surface area contributed by atoms with Crippen LogP contribution in [0.5, 0.6) is 0 Å². The molecule has 1 N–H and O–H groups in total. The van der Waals surface area contributed by atoms with Crippen molar-refractivity contribution in [3.63, 3.8) is 0 Å². The summed E-state index contributed by atoms with van der Waals surface area (Å²) in [6.07, 6.45) is 2.02. The van der Waals surface area contributed by atoms with E-state index in [1.807, 2.05) is 54.6 Å². The minimum absolute atomic E-state index is 0.192. The lowest BCUT2D eigenvalue weighted by Gasteiger charge is -2.16. The van der Waals surface area contributed by atoms with Crippen molar-refractivity contribution >= 4 is 22.9 Å². The molecule has 3 rings (SSSR count). The van der Waals surface area contributed by atoms with Gasteiger partial charge in [0.2, 0.25) is 5.91 Å². The molecule has 0 radical (unpaired) electrons. The number of carbonyl (C=O) groups is 2. The highest BCUT2D eigenvalue weighted by molar-refractivity contribution is 5.85. The summed E-state index contributed by atoms with van der Waals surface area (Å²) in [6.45, 7) is 0. The number of hydrogen-bond donors (Lipinski definition) is 1. The summed E-state index contributed by atoms with van der Waals surface area (Å²) in [5.41, 5.74) is 3.00. The average molecular weight is 349 g/mol. The quantitative estimate of drug-likeness (QED) is 0.689. The molecule has 26 heavy (non-hydrogen) atoms. The Balaban J connectivity index is 1.72. The number of hydrogen-bond acceptors (Lipinski definition) is 5. The molecule has 1 atom stereocenters. The van der Waals surface area contributed by atoms with E-state index in [1.165, 1.54) is 7.11 Å². The molecule has 0 spiro atoms. The van der Waals surface area contributed by atoms with Crippen molar-refractivity contribution in [2.75, 3.05) is 7.11 Å². The van der Waals surface area contributed by atoms with E-state index in [4.69, 9.17) is 4.74 Å². The van der Waals surface area contributed by atoms with Crippen LogP contribution in [0.15, 0.2) is 60.8 Å². The van der Waals surface area contributed by atoms with E-state index in [-0.39, 0.29) is 18.7 Å². The molecule has 0 aliphatic carbocycles. The first-order chi connectivity index (χ1) is 12.7. The van der Waals surface area contributed by atoms with Crippen molar-refractivity contribution in [1.82, 2.24) is 15.3 Å². The van der Waals surface area contributed by atoms with Crippen molar-refractivity contribution < 1.29 is 14.3 Å². The second kappa shape index (κ2) is 8.20. The number of benzene rings is 2. The summed E-state index contributed by atoms with van der Waals surface area (Å²) in [5, 5.41) is 2.73. The van der Waals surface area contributed by atoms with Crippen LogP contribution in [-0.4, -0.2) is 35.0 Å². The molecule has 1 heterocycles. The fourth-order valence-electron chi connectivity index (χ4n) is 2.67. The van der Waals surface area contributed by atoms with Crippen molar-refractivity contribution in [2.24, 2.45) is 0 Å². The van der Waals surface area contributed by atoms with Gasteiger partial charge in [-0.15, -0.1) is 0 Å². The molecule has 1 aromatic heterocycles. The van der Waals surface area contributed by atoms with Crippen LogP contribution in [0.3, 0.4) is 0 Å². The minimum Gasteiger partial charge on any atom is -0.467 e. The third kappa shape index (κ3) is 4.42. The number of methoxy groups -OCH3 is 1. The molecule has 0 fully saturated rings. The van der Waals surface area contributed by atoms with Crippen LogP contribution >= 0.6 is 0 Å². The Morgan fingerprint density at radius 2 is 1.73 bits per heavy atom. The maximum atomic E-state index is 12.3. The molecule has 1 amide bonds. The molecule has 0 aliphatic rings. The Hall–Kier alpha value is -3.28. The van der Waals surface area contributed by atoms with Crippen LogP contribution in [0.2, 0.25) is 0 Å². The molecular formula is C20H19N3O3. The van der Waals surface area contributed by atoms with Gasteiger partial charge in [-0.25, -0.2) is 9.78 Å². The van der Waals surface area contributed by atoms with E-state index >= 15 is 0 Å². The lowest BCUT2D eigenvalue weighted by Crippen LogP contribution is -2.43. The predicted octanol–water partition coefficient (Wildman–Crippen LogP) is 2.07. The van der Waals surface area contributed by atoms with E-state index in [0.29, 0.717) is 5.69 Å². The standard InChI is InChI=1S/C20H19N3O3/c1-26-20(25)18(23-19(24)11-14-7-3-2-4-8-14)12-15-13-21-16-9-5-6-10-17(16)22-15/h2-10,13,18H,11-12H2,1H3,(H,23,24)/t18-/m1/s1. The molecule has 0 aliphatic heterocycles. The van der Waals surface area contributed by atoms with E-state index in [2.05, 4.69) is 15.3 Å². The summed E-state index contributed by atoms with van der Waals surface area (Å²) < 4.78 is 4.82. The Bertz CT molecular complexity index is 912. The number of esters is 1. The molecule has 0 unspecified atom stereocenters. The summed E-state index contributed by atoms with van der Waals surface area (Å²) in [5.74, 6) is -0.762. The number of nitrogens with one attached hydrogen (secondary N) is 1. The first kappa shape index (κ1) is 17.5. The van der Waals surface area contributed by atoms with Crippen LogP contribution in [0.4, 0.5) is 0 Å². The highest BCUT2D eigenvalue weighted by Crippen LogP contribution is 2.10.